The van der Waals surface area contributed by atoms with Crippen LogP contribution in [0.1, 0.15) is 42.0 Å². The first-order valence-corrected chi connectivity index (χ1v) is 7.17. The molecular formula is C13H19N3OS. The van der Waals surface area contributed by atoms with E-state index in [4.69, 9.17) is 0 Å². The number of aliphatic hydroxyl groups is 1. The van der Waals surface area contributed by atoms with Gasteiger partial charge in [-0.2, -0.15) is 5.10 Å². The number of aliphatic hydroxyl groups excluding tert-OH is 1. The van der Waals surface area contributed by atoms with Crippen molar-refractivity contribution in [3.05, 3.63) is 33.5 Å². The van der Waals surface area contributed by atoms with Gasteiger partial charge in [-0.25, -0.2) is 4.98 Å². The van der Waals surface area contributed by atoms with Gasteiger partial charge in [0.05, 0.1) is 22.1 Å². The molecule has 0 saturated heterocycles. The predicted octanol–water partition coefficient (Wildman–Crippen LogP) is 2.51. The third-order valence-corrected chi connectivity index (χ3v) is 3.76. The van der Waals surface area contributed by atoms with Crippen LogP contribution in [0.4, 0.5) is 0 Å². The Morgan fingerprint density at radius 1 is 1.39 bits per heavy atom. The van der Waals surface area contributed by atoms with Crippen molar-refractivity contribution >= 4 is 11.3 Å². The normalized spacial score (nSPS) is 12.9. The van der Waals surface area contributed by atoms with Gasteiger partial charge in [-0.1, -0.05) is 6.92 Å². The third kappa shape index (κ3) is 2.79. The SMILES string of the molecule is CCc1cc(C(O)Cc2csc(C)n2)n(CC)n1. The molecule has 0 aliphatic heterocycles. The molecule has 1 atom stereocenters. The molecular weight excluding hydrogens is 246 g/mol. The van der Waals surface area contributed by atoms with Gasteiger partial charge in [-0.3, -0.25) is 4.68 Å². The molecule has 0 radical (unpaired) electrons. The summed E-state index contributed by atoms with van der Waals surface area (Å²) in [7, 11) is 0. The van der Waals surface area contributed by atoms with Crippen LogP contribution in [0.5, 0.6) is 0 Å². The fraction of sp³-hybridized carbons (Fsp3) is 0.538. The number of aromatic nitrogens is 3. The largest absolute Gasteiger partial charge is 0.386 e. The molecule has 0 spiro atoms. The monoisotopic (exact) mass is 265 g/mol. The zero-order valence-corrected chi connectivity index (χ0v) is 11.9. The Kier molecular flexibility index (Phi) is 4.14. The summed E-state index contributed by atoms with van der Waals surface area (Å²) in [5.74, 6) is 0. The fourth-order valence-electron chi connectivity index (χ4n) is 1.99. The van der Waals surface area contributed by atoms with Crippen LogP contribution in [-0.4, -0.2) is 19.9 Å². The lowest BCUT2D eigenvalue weighted by Gasteiger charge is -2.10. The first-order valence-electron chi connectivity index (χ1n) is 6.29. The number of hydrogen-bond donors (Lipinski definition) is 1. The first-order chi connectivity index (χ1) is 8.63. The van der Waals surface area contributed by atoms with E-state index in [-0.39, 0.29) is 0 Å². The highest BCUT2D eigenvalue weighted by Crippen LogP contribution is 2.20. The maximum atomic E-state index is 10.3. The average molecular weight is 265 g/mol. The Morgan fingerprint density at radius 2 is 2.17 bits per heavy atom. The maximum absolute atomic E-state index is 10.3. The molecule has 0 bridgehead atoms. The van der Waals surface area contributed by atoms with Gasteiger partial charge in [0, 0.05) is 18.3 Å². The minimum atomic E-state index is -0.528. The first kappa shape index (κ1) is 13.2. The summed E-state index contributed by atoms with van der Waals surface area (Å²) in [4.78, 5) is 4.39. The van der Waals surface area contributed by atoms with Crippen molar-refractivity contribution in [3.63, 3.8) is 0 Å². The number of thiazole rings is 1. The fourth-order valence-corrected chi connectivity index (χ4v) is 2.61. The summed E-state index contributed by atoms with van der Waals surface area (Å²) in [6.07, 6.45) is 0.918. The van der Waals surface area contributed by atoms with Crippen LogP contribution in [0.25, 0.3) is 0 Å². The highest BCUT2D eigenvalue weighted by Gasteiger charge is 2.16. The molecule has 0 saturated carbocycles. The molecule has 2 heterocycles. The molecule has 5 heteroatoms. The van der Waals surface area contributed by atoms with Gasteiger partial charge in [0.15, 0.2) is 0 Å². The van der Waals surface area contributed by atoms with Crippen LogP contribution >= 0.6 is 11.3 Å². The standard InChI is InChI=1S/C13H19N3OS/c1-4-10-6-12(16(5-2)15-10)13(17)7-11-8-18-9(3)14-11/h6,8,13,17H,4-5,7H2,1-3H3. The van der Waals surface area contributed by atoms with E-state index in [0.717, 1.165) is 35.1 Å². The second-order valence-electron chi connectivity index (χ2n) is 4.31. The zero-order valence-electron chi connectivity index (χ0n) is 11.1. The summed E-state index contributed by atoms with van der Waals surface area (Å²) in [6, 6.07) is 1.99. The van der Waals surface area contributed by atoms with E-state index >= 15 is 0 Å². The second-order valence-corrected chi connectivity index (χ2v) is 5.37. The van der Waals surface area contributed by atoms with E-state index < -0.39 is 6.10 Å². The lowest BCUT2D eigenvalue weighted by Crippen LogP contribution is -2.10. The molecule has 0 aliphatic carbocycles. The lowest BCUT2D eigenvalue weighted by molar-refractivity contribution is 0.166. The number of rotatable bonds is 5. The predicted molar refractivity (Wildman–Crippen MR) is 72.8 cm³/mol. The molecule has 0 aromatic carbocycles. The van der Waals surface area contributed by atoms with Gasteiger partial charge in [0.1, 0.15) is 6.10 Å². The van der Waals surface area contributed by atoms with Gasteiger partial charge in [-0.15, -0.1) is 11.3 Å². The van der Waals surface area contributed by atoms with E-state index in [2.05, 4.69) is 17.0 Å². The van der Waals surface area contributed by atoms with Crippen molar-refractivity contribution in [2.75, 3.05) is 0 Å². The smallest absolute Gasteiger partial charge is 0.101 e. The number of nitrogens with zero attached hydrogens (tertiary/aromatic N) is 3. The molecule has 98 valence electrons. The Bertz CT molecular complexity index is 518. The molecule has 4 nitrogen and oxygen atoms in total. The minimum absolute atomic E-state index is 0.528. The number of hydrogen-bond acceptors (Lipinski definition) is 4. The molecule has 18 heavy (non-hydrogen) atoms. The van der Waals surface area contributed by atoms with Crippen molar-refractivity contribution in [3.8, 4) is 0 Å². The van der Waals surface area contributed by atoms with Gasteiger partial charge in [0.25, 0.3) is 0 Å². The molecule has 0 fully saturated rings. The lowest BCUT2D eigenvalue weighted by atomic mass is 10.1. The Labute approximate surface area is 111 Å². The topological polar surface area (TPSA) is 50.9 Å². The van der Waals surface area contributed by atoms with Crippen molar-refractivity contribution in [1.82, 2.24) is 14.8 Å². The maximum Gasteiger partial charge on any atom is 0.101 e. The summed E-state index contributed by atoms with van der Waals surface area (Å²) in [5.41, 5.74) is 2.87. The molecule has 1 N–H and O–H groups in total. The van der Waals surface area contributed by atoms with Gasteiger partial charge in [0.2, 0.25) is 0 Å². The average Bonchev–Trinajstić information content (AvgIpc) is 2.95. The van der Waals surface area contributed by atoms with E-state index in [0.29, 0.717) is 6.42 Å². The van der Waals surface area contributed by atoms with E-state index in [1.165, 1.54) is 0 Å². The van der Waals surface area contributed by atoms with E-state index in [1.807, 2.05) is 30.0 Å². The molecule has 2 aromatic rings. The van der Waals surface area contributed by atoms with Crippen molar-refractivity contribution < 1.29 is 5.11 Å². The molecule has 2 aromatic heterocycles. The quantitative estimate of drug-likeness (QED) is 0.903. The summed E-state index contributed by atoms with van der Waals surface area (Å²) < 4.78 is 1.88. The molecule has 0 aliphatic rings. The summed E-state index contributed by atoms with van der Waals surface area (Å²) in [6.45, 7) is 6.87. The second kappa shape index (κ2) is 5.63. The molecule has 0 amide bonds. The minimum Gasteiger partial charge on any atom is -0.386 e. The highest BCUT2D eigenvalue weighted by atomic mass is 32.1. The van der Waals surface area contributed by atoms with Crippen LogP contribution in [0.2, 0.25) is 0 Å². The highest BCUT2D eigenvalue weighted by molar-refractivity contribution is 7.09. The van der Waals surface area contributed by atoms with E-state index in [1.54, 1.807) is 11.3 Å². The molecule has 1 unspecified atom stereocenters. The Hall–Kier alpha value is -1.20. The van der Waals surface area contributed by atoms with Gasteiger partial charge >= 0.3 is 0 Å². The van der Waals surface area contributed by atoms with Crippen molar-refractivity contribution in [2.24, 2.45) is 0 Å². The van der Waals surface area contributed by atoms with Crippen LogP contribution in [0.15, 0.2) is 11.4 Å². The number of aryl methyl sites for hydroxylation is 3. The zero-order chi connectivity index (χ0) is 13.1. The van der Waals surface area contributed by atoms with Crippen molar-refractivity contribution in [2.45, 2.75) is 46.3 Å². The summed E-state index contributed by atoms with van der Waals surface area (Å²) >= 11 is 1.62. The van der Waals surface area contributed by atoms with Gasteiger partial charge < -0.3 is 5.11 Å². The van der Waals surface area contributed by atoms with Crippen LogP contribution in [0.3, 0.4) is 0 Å². The van der Waals surface area contributed by atoms with Crippen molar-refractivity contribution in [1.29, 1.82) is 0 Å². The van der Waals surface area contributed by atoms with Crippen LogP contribution in [0, 0.1) is 6.92 Å². The third-order valence-electron chi connectivity index (χ3n) is 2.93. The van der Waals surface area contributed by atoms with Crippen LogP contribution in [-0.2, 0) is 19.4 Å². The Balaban J connectivity index is 2.17. The summed E-state index contributed by atoms with van der Waals surface area (Å²) in [5, 5.41) is 17.8. The Morgan fingerprint density at radius 3 is 2.72 bits per heavy atom. The van der Waals surface area contributed by atoms with Crippen LogP contribution < -0.4 is 0 Å². The van der Waals surface area contributed by atoms with Gasteiger partial charge in [-0.05, 0) is 26.3 Å². The molecule has 2 rings (SSSR count). The van der Waals surface area contributed by atoms with E-state index in [9.17, 15) is 5.11 Å².